The van der Waals surface area contributed by atoms with E-state index in [1.807, 2.05) is 60.7 Å². The number of aromatic nitrogens is 3. The fourth-order valence-electron chi connectivity index (χ4n) is 2.31. The van der Waals surface area contributed by atoms with Crippen molar-refractivity contribution in [3.05, 3.63) is 77.6 Å². The molecule has 23 heavy (non-hydrogen) atoms. The number of hydrogen-bond acceptors (Lipinski definition) is 3. The molecule has 5 nitrogen and oxygen atoms in total. The molecule has 5 heteroatoms. The summed E-state index contributed by atoms with van der Waals surface area (Å²) in [4.78, 5) is 13.8. The molecule has 0 unspecified atom stereocenters. The van der Waals surface area contributed by atoms with Crippen LogP contribution in [0.1, 0.15) is 21.7 Å². The number of nitrogens with zero attached hydrogens (tertiary/aromatic N) is 3. The standard InChI is InChI=1S/C18H18N4O/c1-14-17(21-22(20-14)16-10-6-3-7-11-16)18(23)19-13-12-15-8-4-2-5-9-15/h2-11H,12-13H2,1H3,(H,19,23). The van der Waals surface area contributed by atoms with Crippen LogP contribution in [0.25, 0.3) is 5.69 Å². The first-order chi connectivity index (χ1) is 11.2. The van der Waals surface area contributed by atoms with Crippen molar-refractivity contribution >= 4 is 5.91 Å². The number of benzene rings is 2. The lowest BCUT2D eigenvalue weighted by Gasteiger charge is -2.03. The zero-order valence-corrected chi connectivity index (χ0v) is 12.9. The molecule has 2 aromatic carbocycles. The van der Waals surface area contributed by atoms with Crippen LogP contribution >= 0.6 is 0 Å². The molecule has 0 fully saturated rings. The Morgan fingerprint density at radius 2 is 1.65 bits per heavy atom. The topological polar surface area (TPSA) is 59.8 Å². The van der Waals surface area contributed by atoms with Gasteiger partial charge in [0.15, 0.2) is 5.69 Å². The van der Waals surface area contributed by atoms with Gasteiger partial charge in [-0.2, -0.15) is 9.90 Å². The summed E-state index contributed by atoms with van der Waals surface area (Å²) < 4.78 is 0. The Hall–Kier alpha value is -2.95. The van der Waals surface area contributed by atoms with Gasteiger partial charge in [-0.1, -0.05) is 48.5 Å². The van der Waals surface area contributed by atoms with Crippen LogP contribution in [0.2, 0.25) is 0 Å². The Bertz CT molecular complexity index is 781. The zero-order valence-electron chi connectivity index (χ0n) is 12.9. The first-order valence-corrected chi connectivity index (χ1v) is 7.55. The molecule has 0 aliphatic carbocycles. The number of para-hydroxylation sites is 1. The van der Waals surface area contributed by atoms with Crippen molar-refractivity contribution in [1.29, 1.82) is 0 Å². The monoisotopic (exact) mass is 306 g/mol. The SMILES string of the molecule is Cc1nn(-c2ccccc2)nc1C(=O)NCCc1ccccc1. The van der Waals surface area contributed by atoms with Crippen molar-refractivity contribution in [3.8, 4) is 5.69 Å². The molecule has 0 bridgehead atoms. The average molecular weight is 306 g/mol. The first-order valence-electron chi connectivity index (χ1n) is 7.55. The molecule has 3 rings (SSSR count). The second-order valence-corrected chi connectivity index (χ2v) is 5.25. The summed E-state index contributed by atoms with van der Waals surface area (Å²) in [6.45, 7) is 2.36. The Morgan fingerprint density at radius 3 is 2.35 bits per heavy atom. The fraction of sp³-hybridized carbons (Fsp3) is 0.167. The number of aryl methyl sites for hydroxylation is 1. The molecule has 0 saturated carbocycles. The second-order valence-electron chi connectivity index (χ2n) is 5.25. The molecular formula is C18H18N4O. The highest BCUT2D eigenvalue weighted by Gasteiger charge is 2.15. The molecule has 0 saturated heterocycles. The van der Waals surface area contributed by atoms with Gasteiger partial charge < -0.3 is 5.32 Å². The van der Waals surface area contributed by atoms with Gasteiger partial charge in [0, 0.05) is 6.54 Å². The minimum Gasteiger partial charge on any atom is -0.350 e. The summed E-state index contributed by atoms with van der Waals surface area (Å²) in [6.07, 6.45) is 0.790. The minimum atomic E-state index is -0.194. The van der Waals surface area contributed by atoms with E-state index in [1.165, 1.54) is 10.4 Å². The Balaban J connectivity index is 1.65. The lowest BCUT2D eigenvalue weighted by atomic mass is 10.1. The van der Waals surface area contributed by atoms with E-state index in [1.54, 1.807) is 6.92 Å². The van der Waals surface area contributed by atoms with Crippen molar-refractivity contribution in [2.75, 3.05) is 6.54 Å². The fourth-order valence-corrected chi connectivity index (χ4v) is 2.31. The zero-order chi connectivity index (χ0) is 16.1. The molecule has 3 aromatic rings. The lowest BCUT2D eigenvalue weighted by molar-refractivity contribution is 0.0948. The number of hydrogen-bond donors (Lipinski definition) is 1. The van der Waals surface area contributed by atoms with E-state index in [4.69, 9.17) is 0 Å². The van der Waals surface area contributed by atoms with E-state index in [-0.39, 0.29) is 5.91 Å². The Morgan fingerprint density at radius 1 is 1.00 bits per heavy atom. The first kappa shape index (κ1) is 15.0. The van der Waals surface area contributed by atoms with Gasteiger partial charge in [-0.3, -0.25) is 4.79 Å². The van der Waals surface area contributed by atoms with E-state index in [9.17, 15) is 4.79 Å². The molecular weight excluding hydrogens is 288 g/mol. The highest BCUT2D eigenvalue weighted by molar-refractivity contribution is 5.93. The summed E-state index contributed by atoms with van der Waals surface area (Å²) in [5.41, 5.74) is 3.00. The summed E-state index contributed by atoms with van der Waals surface area (Å²) in [5, 5.41) is 11.5. The highest BCUT2D eigenvalue weighted by atomic mass is 16.2. The smallest absolute Gasteiger partial charge is 0.273 e. The van der Waals surface area contributed by atoms with Gasteiger partial charge in [0.25, 0.3) is 5.91 Å². The molecule has 1 heterocycles. The number of nitrogens with one attached hydrogen (secondary N) is 1. The molecule has 116 valence electrons. The minimum absolute atomic E-state index is 0.194. The quantitative estimate of drug-likeness (QED) is 0.788. The number of amides is 1. The molecule has 1 amide bonds. The normalized spacial score (nSPS) is 10.5. The lowest BCUT2D eigenvalue weighted by Crippen LogP contribution is -2.26. The molecule has 0 spiro atoms. The van der Waals surface area contributed by atoms with E-state index in [0.717, 1.165) is 12.1 Å². The van der Waals surface area contributed by atoms with Gasteiger partial charge in [0.2, 0.25) is 0 Å². The van der Waals surface area contributed by atoms with E-state index < -0.39 is 0 Å². The molecule has 0 aliphatic heterocycles. The van der Waals surface area contributed by atoms with Crippen molar-refractivity contribution in [3.63, 3.8) is 0 Å². The largest absolute Gasteiger partial charge is 0.350 e. The van der Waals surface area contributed by atoms with Gasteiger partial charge in [-0.15, -0.1) is 5.10 Å². The molecule has 0 aliphatic rings. The van der Waals surface area contributed by atoms with Gasteiger partial charge >= 0.3 is 0 Å². The molecule has 1 aromatic heterocycles. The van der Waals surface area contributed by atoms with Crippen molar-refractivity contribution in [1.82, 2.24) is 20.3 Å². The predicted molar refractivity (Wildman–Crippen MR) is 88.6 cm³/mol. The van der Waals surface area contributed by atoms with Gasteiger partial charge in [0.05, 0.1) is 11.4 Å². The molecule has 1 N–H and O–H groups in total. The maximum absolute atomic E-state index is 12.3. The third-order valence-electron chi connectivity index (χ3n) is 3.53. The van der Waals surface area contributed by atoms with Crippen LogP contribution in [0.4, 0.5) is 0 Å². The predicted octanol–water partition coefficient (Wildman–Crippen LogP) is 2.55. The van der Waals surface area contributed by atoms with E-state index in [0.29, 0.717) is 17.9 Å². The van der Waals surface area contributed by atoms with Crippen LogP contribution in [0, 0.1) is 6.92 Å². The molecule has 0 radical (unpaired) electrons. The average Bonchev–Trinajstić information content (AvgIpc) is 2.98. The second kappa shape index (κ2) is 6.87. The maximum Gasteiger partial charge on any atom is 0.273 e. The van der Waals surface area contributed by atoms with Crippen LogP contribution in [0.15, 0.2) is 60.7 Å². The van der Waals surface area contributed by atoms with Crippen molar-refractivity contribution in [2.24, 2.45) is 0 Å². The maximum atomic E-state index is 12.3. The summed E-state index contributed by atoms with van der Waals surface area (Å²) >= 11 is 0. The molecule has 0 atom stereocenters. The van der Waals surface area contributed by atoms with E-state index >= 15 is 0 Å². The number of carbonyl (C=O) groups is 1. The van der Waals surface area contributed by atoms with Crippen LogP contribution in [-0.2, 0) is 6.42 Å². The summed E-state index contributed by atoms with van der Waals surface area (Å²) in [5.74, 6) is -0.194. The summed E-state index contributed by atoms with van der Waals surface area (Å²) in [7, 11) is 0. The van der Waals surface area contributed by atoms with E-state index in [2.05, 4.69) is 15.5 Å². The van der Waals surface area contributed by atoms with Gasteiger partial charge in [0.1, 0.15) is 0 Å². The number of carbonyl (C=O) groups excluding carboxylic acids is 1. The Kier molecular flexibility index (Phi) is 4.47. The van der Waals surface area contributed by atoms with Crippen LogP contribution in [-0.4, -0.2) is 27.4 Å². The summed E-state index contributed by atoms with van der Waals surface area (Å²) in [6, 6.07) is 19.6. The van der Waals surface area contributed by atoms with Gasteiger partial charge in [-0.25, -0.2) is 0 Å². The van der Waals surface area contributed by atoms with Crippen LogP contribution < -0.4 is 5.32 Å². The van der Waals surface area contributed by atoms with Crippen molar-refractivity contribution in [2.45, 2.75) is 13.3 Å². The third kappa shape index (κ3) is 3.63. The Labute approximate surface area is 135 Å². The highest BCUT2D eigenvalue weighted by Crippen LogP contribution is 2.08. The van der Waals surface area contributed by atoms with Crippen molar-refractivity contribution < 1.29 is 4.79 Å². The third-order valence-corrected chi connectivity index (χ3v) is 3.53. The van der Waals surface area contributed by atoms with Crippen LogP contribution in [0.5, 0.6) is 0 Å². The number of rotatable bonds is 5. The van der Waals surface area contributed by atoms with Gasteiger partial charge in [-0.05, 0) is 31.0 Å². The van der Waals surface area contributed by atoms with Crippen LogP contribution in [0.3, 0.4) is 0 Å².